The minimum absolute atomic E-state index is 0.0362. The molecule has 3 aromatic rings. The maximum absolute atomic E-state index is 14.9. The first-order valence-corrected chi connectivity index (χ1v) is 15.9. The third-order valence-electron chi connectivity index (χ3n) is 7.62. The van der Waals surface area contributed by atoms with Crippen LogP contribution in [0.15, 0.2) is 72.8 Å². The number of aryl methyl sites for hydroxylation is 1. The number of nitrogens with one attached hydrogen (secondary N) is 1. The maximum atomic E-state index is 14.9. The number of sulfonamides is 1. The van der Waals surface area contributed by atoms with E-state index in [2.05, 4.69) is 5.32 Å². The molecule has 0 bridgehead atoms. The normalized spacial score (nSPS) is 14.2. The lowest BCUT2D eigenvalue weighted by molar-refractivity contribution is -0.384. The van der Waals surface area contributed by atoms with Gasteiger partial charge in [-0.25, -0.2) is 12.8 Å². The SMILES string of the molecule is Cc1ccc([N+](=O)[O-])cc1N(CC(=O)N(Cc1ccccc1F)[C@@H](Cc1ccccc1)C(=O)NC1CCCC1)S(C)(=O)=O. The number of anilines is 1. The lowest BCUT2D eigenvalue weighted by Crippen LogP contribution is -2.54. The summed E-state index contributed by atoms with van der Waals surface area (Å²) in [5.74, 6) is -1.76. The number of carbonyl (C=O) groups excluding carboxylic acids is 2. The van der Waals surface area contributed by atoms with Crippen LogP contribution in [0, 0.1) is 22.9 Å². The van der Waals surface area contributed by atoms with E-state index >= 15 is 0 Å². The predicted molar refractivity (Wildman–Crippen MR) is 161 cm³/mol. The number of nitro benzene ring substituents is 1. The van der Waals surface area contributed by atoms with Crippen molar-refractivity contribution in [3.8, 4) is 0 Å². The second kappa shape index (κ2) is 13.8. The van der Waals surface area contributed by atoms with Crippen LogP contribution >= 0.6 is 0 Å². The fraction of sp³-hybridized carbons (Fsp3) is 0.355. The average molecular weight is 611 g/mol. The van der Waals surface area contributed by atoms with E-state index in [0.717, 1.165) is 47.9 Å². The van der Waals surface area contributed by atoms with Crippen LogP contribution in [0.3, 0.4) is 0 Å². The molecule has 1 saturated carbocycles. The van der Waals surface area contributed by atoms with Crippen LogP contribution in [0.5, 0.6) is 0 Å². The van der Waals surface area contributed by atoms with Gasteiger partial charge in [-0.2, -0.15) is 0 Å². The quantitative estimate of drug-likeness (QED) is 0.237. The van der Waals surface area contributed by atoms with Gasteiger partial charge >= 0.3 is 0 Å². The van der Waals surface area contributed by atoms with Crippen molar-refractivity contribution in [2.24, 2.45) is 0 Å². The zero-order valence-electron chi connectivity index (χ0n) is 24.1. The zero-order valence-corrected chi connectivity index (χ0v) is 24.9. The first-order valence-electron chi connectivity index (χ1n) is 14.0. The highest BCUT2D eigenvalue weighted by atomic mass is 32.2. The summed E-state index contributed by atoms with van der Waals surface area (Å²) < 4.78 is 41.7. The highest BCUT2D eigenvalue weighted by Crippen LogP contribution is 2.28. The summed E-state index contributed by atoms with van der Waals surface area (Å²) in [5.41, 5.74) is 0.924. The topological polar surface area (TPSA) is 130 Å². The van der Waals surface area contributed by atoms with Crippen LogP contribution in [0.4, 0.5) is 15.8 Å². The highest BCUT2D eigenvalue weighted by molar-refractivity contribution is 7.92. The van der Waals surface area contributed by atoms with Gasteiger partial charge in [0.1, 0.15) is 18.4 Å². The Morgan fingerprint density at radius 2 is 1.70 bits per heavy atom. The van der Waals surface area contributed by atoms with Crippen molar-refractivity contribution in [3.05, 3.63) is 105 Å². The Kier molecular flexibility index (Phi) is 10.1. The number of halogens is 1. The fourth-order valence-electron chi connectivity index (χ4n) is 5.31. The minimum atomic E-state index is -4.13. The summed E-state index contributed by atoms with van der Waals surface area (Å²) in [4.78, 5) is 40.0. The number of hydrogen-bond donors (Lipinski definition) is 1. The van der Waals surface area contributed by atoms with Crippen molar-refractivity contribution in [1.82, 2.24) is 10.2 Å². The van der Waals surface area contributed by atoms with Gasteiger partial charge < -0.3 is 10.2 Å². The number of nitrogens with zero attached hydrogens (tertiary/aromatic N) is 3. The summed E-state index contributed by atoms with van der Waals surface area (Å²) in [7, 11) is -4.13. The Bertz CT molecular complexity index is 1580. The largest absolute Gasteiger partial charge is 0.352 e. The zero-order chi connectivity index (χ0) is 31.1. The molecule has 1 aliphatic carbocycles. The molecule has 1 atom stereocenters. The van der Waals surface area contributed by atoms with Gasteiger partial charge in [0.2, 0.25) is 21.8 Å². The number of hydrogen-bond acceptors (Lipinski definition) is 6. The Morgan fingerprint density at radius 1 is 1.05 bits per heavy atom. The molecule has 0 radical (unpaired) electrons. The summed E-state index contributed by atoms with van der Waals surface area (Å²) in [5, 5.41) is 14.5. The van der Waals surface area contributed by atoms with Crippen molar-refractivity contribution < 1.29 is 27.3 Å². The number of nitro groups is 1. The molecule has 0 unspecified atom stereocenters. The lowest BCUT2D eigenvalue weighted by atomic mass is 10.0. The highest BCUT2D eigenvalue weighted by Gasteiger charge is 2.35. The molecule has 43 heavy (non-hydrogen) atoms. The molecular weight excluding hydrogens is 575 g/mol. The van der Waals surface area contributed by atoms with Gasteiger partial charge in [-0.3, -0.25) is 24.0 Å². The number of benzene rings is 3. The van der Waals surface area contributed by atoms with E-state index in [0.29, 0.717) is 5.56 Å². The standard InChI is InChI=1S/C31H35FN4O6S/c1-22-16-17-26(36(39)40)19-28(22)35(43(2,41)42)21-30(37)34(20-24-12-6-9-15-27(24)32)29(18-23-10-4-3-5-11-23)31(38)33-25-13-7-8-14-25/h3-6,9-12,15-17,19,25,29H,7-8,13-14,18,20-21H2,1-2H3,(H,33,38)/t29-/m0/s1. The molecule has 4 rings (SSSR count). The molecule has 0 saturated heterocycles. The molecule has 0 heterocycles. The monoisotopic (exact) mass is 610 g/mol. The van der Waals surface area contributed by atoms with Crippen molar-refractivity contribution >= 4 is 33.2 Å². The smallest absolute Gasteiger partial charge is 0.271 e. The maximum Gasteiger partial charge on any atom is 0.271 e. The predicted octanol–water partition coefficient (Wildman–Crippen LogP) is 4.51. The van der Waals surface area contributed by atoms with Crippen LogP contribution in [0.1, 0.15) is 42.4 Å². The van der Waals surface area contributed by atoms with Gasteiger partial charge in [-0.1, -0.05) is 67.4 Å². The summed E-state index contributed by atoms with van der Waals surface area (Å²) in [6.07, 6.45) is 4.55. The molecule has 1 aliphatic rings. The number of non-ortho nitro benzene ring substituents is 1. The Labute approximate surface area is 250 Å². The van der Waals surface area contributed by atoms with Gasteiger partial charge in [0.15, 0.2) is 0 Å². The molecule has 2 amide bonds. The molecule has 0 aromatic heterocycles. The van der Waals surface area contributed by atoms with E-state index in [1.54, 1.807) is 25.1 Å². The third-order valence-corrected chi connectivity index (χ3v) is 8.75. The summed E-state index contributed by atoms with van der Waals surface area (Å²) in [6, 6.07) is 17.5. The number of carbonyl (C=O) groups is 2. The molecular formula is C31H35FN4O6S. The molecule has 228 valence electrons. The lowest BCUT2D eigenvalue weighted by Gasteiger charge is -2.34. The van der Waals surface area contributed by atoms with E-state index < -0.39 is 45.2 Å². The van der Waals surface area contributed by atoms with Gasteiger partial charge in [-0.05, 0) is 37.0 Å². The van der Waals surface area contributed by atoms with E-state index in [1.807, 2.05) is 18.2 Å². The van der Waals surface area contributed by atoms with Gasteiger partial charge in [0.25, 0.3) is 5.69 Å². The molecule has 1 N–H and O–H groups in total. The average Bonchev–Trinajstić information content (AvgIpc) is 3.47. The third kappa shape index (κ3) is 8.16. The number of rotatable bonds is 12. The van der Waals surface area contributed by atoms with Gasteiger partial charge in [0.05, 0.1) is 16.9 Å². The molecule has 0 spiro atoms. The summed E-state index contributed by atoms with van der Waals surface area (Å²) in [6.45, 7) is 0.524. The van der Waals surface area contributed by atoms with Crippen LogP contribution in [0.25, 0.3) is 0 Å². The van der Waals surface area contributed by atoms with E-state index in [-0.39, 0.29) is 35.9 Å². The van der Waals surface area contributed by atoms with Crippen LogP contribution in [0.2, 0.25) is 0 Å². The van der Waals surface area contributed by atoms with Crippen molar-refractivity contribution in [1.29, 1.82) is 0 Å². The first kappa shape index (κ1) is 31.6. The molecule has 1 fully saturated rings. The van der Waals surface area contributed by atoms with E-state index in [9.17, 15) is 32.5 Å². The molecule has 0 aliphatic heterocycles. The Balaban J connectivity index is 1.77. The van der Waals surface area contributed by atoms with Crippen molar-refractivity contribution in [2.75, 3.05) is 17.1 Å². The van der Waals surface area contributed by atoms with Crippen LogP contribution in [-0.4, -0.2) is 54.9 Å². The molecule has 3 aromatic carbocycles. The second-order valence-electron chi connectivity index (χ2n) is 10.8. The molecule has 12 heteroatoms. The Morgan fingerprint density at radius 3 is 2.33 bits per heavy atom. The minimum Gasteiger partial charge on any atom is -0.352 e. The summed E-state index contributed by atoms with van der Waals surface area (Å²) >= 11 is 0. The Hall–Kier alpha value is -4.32. The van der Waals surface area contributed by atoms with Gasteiger partial charge in [-0.15, -0.1) is 0 Å². The number of amides is 2. The van der Waals surface area contributed by atoms with Crippen molar-refractivity contribution in [2.45, 2.75) is 57.7 Å². The van der Waals surface area contributed by atoms with Crippen LogP contribution in [-0.2, 0) is 32.6 Å². The van der Waals surface area contributed by atoms with Crippen LogP contribution < -0.4 is 9.62 Å². The van der Waals surface area contributed by atoms with E-state index in [4.69, 9.17) is 0 Å². The van der Waals surface area contributed by atoms with Gasteiger partial charge in [0, 0.05) is 36.7 Å². The molecule has 10 nitrogen and oxygen atoms in total. The second-order valence-corrected chi connectivity index (χ2v) is 12.7. The fourth-order valence-corrected chi connectivity index (χ4v) is 6.21. The van der Waals surface area contributed by atoms with Crippen molar-refractivity contribution in [3.63, 3.8) is 0 Å². The first-order chi connectivity index (χ1) is 20.4. The van der Waals surface area contributed by atoms with E-state index in [1.165, 1.54) is 35.2 Å².